The van der Waals surface area contributed by atoms with Crippen LogP contribution in [-0.2, 0) is 25.7 Å². The summed E-state index contributed by atoms with van der Waals surface area (Å²) in [6, 6.07) is 41.2. The Morgan fingerprint density at radius 1 is 0.413 bits per heavy atom. The zero-order valence-corrected chi connectivity index (χ0v) is 39.6. The number of hydrogen-bond donors (Lipinski definition) is 4. The third-order valence-electron chi connectivity index (χ3n) is 9.20. The smallest absolute Gasteiger partial charge is 0.0263 e. The van der Waals surface area contributed by atoms with Crippen LogP contribution in [0.1, 0.15) is 85.3 Å². The van der Waals surface area contributed by atoms with Crippen LogP contribution in [0.25, 0.3) is 0 Å². The van der Waals surface area contributed by atoms with Gasteiger partial charge in [-0.05, 0) is 207 Å². The Balaban J connectivity index is 0.000000273. The van der Waals surface area contributed by atoms with Crippen LogP contribution in [0, 0.1) is 61.2 Å². The van der Waals surface area contributed by atoms with E-state index in [0.29, 0.717) is 19.6 Å². The van der Waals surface area contributed by atoms with Crippen molar-refractivity contribution in [3.63, 3.8) is 0 Å². The van der Waals surface area contributed by atoms with E-state index in [0.717, 1.165) is 85.7 Å². The Hall–Kier alpha value is -5.06. The predicted octanol–water partition coefficient (Wildman–Crippen LogP) is 11.3. The molecule has 4 nitrogen and oxygen atoms in total. The third-order valence-corrected chi connectivity index (χ3v) is 10.5. The van der Waals surface area contributed by atoms with Gasteiger partial charge < -0.3 is 11.5 Å². The molecule has 0 heterocycles. The van der Waals surface area contributed by atoms with Gasteiger partial charge in [0.1, 0.15) is 0 Å². The first-order valence-electron chi connectivity index (χ1n) is 20.3. The number of hydrogen-bond acceptors (Lipinski definition) is 4. The number of halogens is 4. The first kappa shape index (κ1) is 50.6. The first-order valence-corrected chi connectivity index (χ1v) is 22.6. The first-order chi connectivity index (χ1) is 30.1. The average molecular weight is 1000 g/mol. The molecule has 8 heteroatoms. The fourth-order valence-electron chi connectivity index (χ4n) is 6.53. The van der Waals surface area contributed by atoms with Gasteiger partial charge in [-0.3, -0.25) is 0 Å². The summed E-state index contributed by atoms with van der Waals surface area (Å²) in [5.41, 5.74) is 26.2. The van der Waals surface area contributed by atoms with E-state index < -0.39 is 0 Å². The van der Waals surface area contributed by atoms with E-state index in [1.54, 1.807) is 0 Å². The van der Waals surface area contributed by atoms with Crippen molar-refractivity contribution in [2.45, 2.75) is 47.0 Å². The highest BCUT2D eigenvalue weighted by Crippen LogP contribution is 2.18. The standard InChI is InChI=1S/C27H23BrCl2N2.C27H25BrN2.CH4/c1-20-13-23(16-25(14-20)9-11-31-29)7-5-21-3-2-4-22(15-21)6-8-24-17-26(10-12-32-30)19-27(28)18-24;1-20-13-23(16-25(14-20)9-11-29)7-5-21-3-2-4-22(15-21)6-8-24-17-26(10-12-30)19-27(28)18-24;/h2-4,13-19,31-32H,9-12H2,1H3;2-4,13-19H,9-12,29-30H2,1H3;1H4. The molecule has 6 aromatic rings. The van der Waals surface area contributed by atoms with Crippen LogP contribution in [0.3, 0.4) is 0 Å². The fourth-order valence-corrected chi connectivity index (χ4v) is 7.81. The monoisotopic (exact) mass is 996 g/mol. The summed E-state index contributed by atoms with van der Waals surface area (Å²) in [6.45, 7) is 6.86. The van der Waals surface area contributed by atoms with E-state index in [-0.39, 0.29) is 7.43 Å². The molecular formula is C55H52Br2Cl2N4. The van der Waals surface area contributed by atoms with Crippen molar-refractivity contribution in [1.82, 2.24) is 9.67 Å². The molecule has 0 bridgehead atoms. The van der Waals surface area contributed by atoms with Crippen molar-refractivity contribution in [2.24, 2.45) is 11.5 Å². The van der Waals surface area contributed by atoms with Crippen molar-refractivity contribution in [2.75, 3.05) is 26.2 Å². The predicted molar refractivity (Wildman–Crippen MR) is 275 cm³/mol. The van der Waals surface area contributed by atoms with E-state index in [4.69, 9.17) is 35.0 Å². The topological polar surface area (TPSA) is 76.1 Å². The Morgan fingerprint density at radius 3 is 1.06 bits per heavy atom. The molecule has 0 saturated heterocycles. The van der Waals surface area contributed by atoms with Crippen LogP contribution in [0.4, 0.5) is 0 Å². The second-order valence-corrected chi connectivity index (χ2v) is 17.0. The van der Waals surface area contributed by atoms with Gasteiger partial charge in [-0.1, -0.05) is 111 Å². The van der Waals surface area contributed by atoms with E-state index in [1.807, 2.05) is 60.7 Å². The Bertz CT molecular complexity index is 2560. The molecule has 0 atom stereocenters. The van der Waals surface area contributed by atoms with Gasteiger partial charge in [0.25, 0.3) is 0 Å². The van der Waals surface area contributed by atoms with Crippen LogP contribution in [0.15, 0.2) is 130 Å². The van der Waals surface area contributed by atoms with Gasteiger partial charge in [-0.25, -0.2) is 9.67 Å². The van der Waals surface area contributed by atoms with E-state index >= 15 is 0 Å². The summed E-state index contributed by atoms with van der Waals surface area (Å²) in [5, 5.41) is 0. The van der Waals surface area contributed by atoms with E-state index in [9.17, 15) is 0 Å². The highest BCUT2D eigenvalue weighted by atomic mass is 79.9. The summed E-state index contributed by atoms with van der Waals surface area (Å²) >= 11 is 18.3. The zero-order chi connectivity index (χ0) is 44.1. The third kappa shape index (κ3) is 18.3. The number of aryl methyl sites for hydroxylation is 2. The SMILES string of the molecule is C.Cc1cc(C#Cc2cccc(C#Cc3cc(Br)cc(CCN)c3)c2)cc(CCN)c1.Cc1cc(C#Cc2cccc(C#Cc3cc(Br)cc(CCNCl)c3)c2)cc(CCNCl)c1. The second kappa shape index (κ2) is 27.2. The summed E-state index contributed by atoms with van der Waals surface area (Å²) in [5.74, 6) is 26.1. The molecule has 0 spiro atoms. The molecule has 0 aromatic heterocycles. The van der Waals surface area contributed by atoms with Crippen LogP contribution >= 0.6 is 55.4 Å². The van der Waals surface area contributed by atoms with Crippen LogP contribution in [-0.4, -0.2) is 26.2 Å². The maximum atomic E-state index is 5.69. The quantitative estimate of drug-likeness (QED) is 0.0815. The van der Waals surface area contributed by atoms with E-state index in [2.05, 4.69) is 163 Å². The molecule has 6 aromatic carbocycles. The Morgan fingerprint density at radius 2 is 0.714 bits per heavy atom. The molecule has 0 aliphatic carbocycles. The summed E-state index contributed by atoms with van der Waals surface area (Å²) in [6.07, 6.45) is 3.41. The molecule has 6 N–H and O–H groups in total. The van der Waals surface area contributed by atoms with Crippen LogP contribution < -0.4 is 21.1 Å². The normalized spacial score (nSPS) is 9.90. The summed E-state index contributed by atoms with van der Waals surface area (Å²) in [7, 11) is 0. The van der Waals surface area contributed by atoms with Crippen LogP contribution in [0.2, 0.25) is 0 Å². The van der Waals surface area contributed by atoms with E-state index in [1.165, 1.54) is 33.4 Å². The molecule has 0 aliphatic heterocycles. The fraction of sp³-hybridized carbons (Fsp3) is 0.200. The molecule has 0 radical (unpaired) electrons. The maximum Gasteiger partial charge on any atom is 0.0263 e. The lowest BCUT2D eigenvalue weighted by Crippen LogP contribution is -2.04. The Labute approximate surface area is 402 Å². The largest absolute Gasteiger partial charge is 0.330 e. The lowest BCUT2D eigenvalue weighted by atomic mass is 10.0. The number of benzene rings is 6. The van der Waals surface area contributed by atoms with Gasteiger partial charge in [-0.15, -0.1) is 0 Å². The zero-order valence-electron chi connectivity index (χ0n) is 34.9. The molecular weight excluding hydrogens is 947 g/mol. The van der Waals surface area contributed by atoms with Crippen molar-refractivity contribution in [3.8, 4) is 47.4 Å². The molecule has 320 valence electrons. The molecule has 63 heavy (non-hydrogen) atoms. The minimum Gasteiger partial charge on any atom is -0.330 e. The molecule has 0 saturated carbocycles. The Kier molecular flexibility index (Phi) is 21.8. The van der Waals surface area contributed by atoms with Crippen molar-refractivity contribution in [3.05, 3.63) is 208 Å². The molecule has 0 fully saturated rings. The lowest BCUT2D eigenvalue weighted by molar-refractivity contribution is 0.897. The van der Waals surface area contributed by atoms with Crippen molar-refractivity contribution in [1.29, 1.82) is 0 Å². The van der Waals surface area contributed by atoms with Gasteiger partial charge in [-0.2, -0.15) is 0 Å². The van der Waals surface area contributed by atoms with Crippen LogP contribution in [0.5, 0.6) is 0 Å². The number of rotatable bonds is 10. The highest BCUT2D eigenvalue weighted by Gasteiger charge is 2.02. The molecule has 0 unspecified atom stereocenters. The molecule has 0 amide bonds. The number of nitrogens with two attached hydrogens (primary N) is 2. The van der Waals surface area contributed by atoms with Gasteiger partial charge in [0, 0.05) is 66.5 Å². The van der Waals surface area contributed by atoms with Gasteiger partial charge in [0.05, 0.1) is 0 Å². The number of nitrogens with one attached hydrogen (secondary N) is 2. The maximum absolute atomic E-state index is 5.69. The van der Waals surface area contributed by atoms with Gasteiger partial charge >= 0.3 is 0 Å². The summed E-state index contributed by atoms with van der Waals surface area (Å²) < 4.78 is 2.03. The molecule has 0 aliphatic rings. The summed E-state index contributed by atoms with van der Waals surface area (Å²) in [4.78, 5) is 5.33. The minimum atomic E-state index is 0. The second-order valence-electron chi connectivity index (χ2n) is 14.6. The highest BCUT2D eigenvalue weighted by molar-refractivity contribution is 9.10. The lowest BCUT2D eigenvalue weighted by Gasteiger charge is -2.03. The van der Waals surface area contributed by atoms with Gasteiger partial charge in [0.2, 0.25) is 0 Å². The minimum absolute atomic E-state index is 0. The molecule has 6 rings (SSSR count). The van der Waals surface area contributed by atoms with Crippen molar-refractivity contribution < 1.29 is 0 Å². The average Bonchev–Trinajstić information content (AvgIpc) is 3.25. The van der Waals surface area contributed by atoms with Gasteiger partial charge in [0.15, 0.2) is 0 Å². The van der Waals surface area contributed by atoms with Crippen molar-refractivity contribution >= 4 is 55.4 Å².